The lowest BCUT2D eigenvalue weighted by Gasteiger charge is -2.26. The Kier molecular flexibility index (Phi) is 2.44. The molecule has 0 spiro atoms. The van der Waals surface area contributed by atoms with Crippen LogP contribution in [0.4, 0.5) is 4.79 Å². The van der Waals surface area contributed by atoms with Crippen LogP contribution < -0.4 is 10.6 Å². The number of hydrogen-bond acceptors (Lipinski definition) is 2. The van der Waals surface area contributed by atoms with Crippen molar-refractivity contribution in [3.63, 3.8) is 0 Å². The molecule has 0 unspecified atom stereocenters. The number of carbonyl (C=O) groups excluding carboxylic acids is 2. The van der Waals surface area contributed by atoms with Crippen LogP contribution >= 0.6 is 0 Å². The van der Waals surface area contributed by atoms with Crippen molar-refractivity contribution in [3.05, 3.63) is 76.9 Å². The largest absolute Gasteiger partial charge is 0.327 e. The minimum absolute atomic E-state index is 0.0260. The minimum Gasteiger partial charge on any atom is -0.327 e. The van der Waals surface area contributed by atoms with Gasteiger partial charge in [-0.1, -0.05) is 54.6 Å². The van der Waals surface area contributed by atoms with E-state index in [9.17, 15) is 9.59 Å². The van der Waals surface area contributed by atoms with E-state index in [1.807, 2.05) is 48.5 Å². The fourth-order valence-corrected chi connectivity index (χ4v) is 2.96. The van der Waals surface area contributed by atoms with Gasteiger partial charge in [-0.05, 0) is 5.56 Å². The summed E-state index contributed by atoms with van der Waals surface area (Å²) in [6.45, 7) is 0. The van der Waals surface area contributed by atoms with Crippen LogP contribution in [-0.2, 0) is 0 Å². The average molecular weight is 276 g/mol. The van der Waals surface area contributed by atoms with Gasteiger partial charge < -0.3 is 10.6 Å². The van der Waals surface area contributed by atoms with Crippen molar-refractivity contribution in [2.45, 2.75) is 6.04 Å². The van der Waals surface area contributed by atoms with E-state index in [2.05, 4.69) is 10.6 Å². The molecule has 2 amide bonds. The lowest BCUT2D eigenvalue weighted by Crippen LogP contribution is -2.43. The third-order valence-corrected chi connectivity index (χ3v) is 3.89. The van der Waals surface area contributed by atoms with E-state index in [0.29, 0.717) is 16.8 Å². The van der Waals surface area contributed by atoms with Gasteiger partial charge in [-0.2, -0.15) is 0 Å². The molecule has 4 heteroatoms. The Morgan fingerprint density at radius 2 is 1.48 bits per heavy atom. The van der Waals surface area contributed by atoms with Crippen molar-refractivity contribution in [2.24, 2.45) is 0 Å². The molecule has 4 nitrogen and oxygen atoms in total. The van der Waals surface area contributed by atoms with E-state index in [1.165, 1.54) is 0 Å². The number of benzene rings is 2. The summed E-state index contributed by atoms with van der Waals surface area (Å²) in [5.74, 6) is -0.0260. The van der Waals surface area contributed by atoms with Gasteiger partial charge in [-0.3, -0.25) is 4.79 Å². The van der Waals surface area contributed by atoms with Crippen LogP contribution in [0.5, 0.6) is 0 Å². The van der Waals surface area contributed by atoms with Crippen molar-refractivity contribution in [3.8, 4) is 0 Å². The molecule has 0 radical (unpaired) electrons. The minimum atomic E-state index is -0.408. The van der Waals surface area contributed by atoms with Gasteiger partial charge in [-0.15, -0.1) is 0 Å². The normalized spacial score (nSPS) is 19.7. The molecular formula is C17H12N2O2. The van der Waals surface area contributed by atoms with Crippen LogP contribution in [0.1, 0.15) is 27.5 Å². The van der Waals surface area contributed by atoms with Gasteiger partial charge in [0.1, 0.15) is 0 Å². The van der Waals surface area contributed by atoms with E-state index in [-0.39, 0.29) is 11.8 Å². The number of amides is 2. The Labute approximate surface area is 121 Å². The maximum absolute atomic E-state index is 12.7. The molecule has 4 rings (SSSR count). The van der Waals surface area contributed by atoms with Crippen LogP contribution in [0.3, 0.4) is 0 Å². The van der Waals surface area contributed by atoms with Gasteiger partial charge in [0.2, 0.25) is 0 Å². The summed E-state index contributed by atoms with van der Waals surface area (Å²) in [5.41, 5.74) is 3.59. The van der Waals surface area contributed by atoms with Crippen molar-refractivity contribution in [2.75, 3.05) is 0 Å². The summed E-state index contributed by atoms with van der Waals surface area (Å²) in [4.78, 5) is 24.6. The monoisotopic (exact) mass is 276 g/mol. The Balaban J connectivity index is 1.91. The van der Waals surface area contributed by atoms with E-state index in [4.69, 9.17) is 0 Å². The molecule has 1 heterocycles. The summed E-state index contributed by atoms with van der Waals surface area (Å²) in [6, 6.07) is 16.2. The highest BCUT2D eigenvalue weighted by Crippen LogP contribution is 2.39. The number of carbonyl (C=O) groups is 2. The van der Waals surface area contributed by atoms with Crippen molar-refractivity contribution >= 4 is 17.5 Å². The highest BCUT2D eigenvalue weighted by Gasteiger charge is 2.39. The molecule has 2 N–H and O–H groups in total. The highest BCUT2D eigenvalue weighted by molar-refractivity contribution is 6.23. The summed E-state index contributed by atoms with van der Waals surface area (Å²) < 4.78 is 0. The Bertz CT molecular complexity index is 793. The third kappa shape index (κ3) is 1.69. The van der Waals surface area contributed by atoms with E-state index < -0.39 is 6.04 Å². The number of nitrogens with one attached hydrogen (secondary N) is 2. The van der Waals surface area contributed by atoms with Gasteiger partial charge >= 0.3 is 6.03 Å². The maximum Gasteiger partial charge on any atom is 0.320 e. The third-order valence-electron chi connectivity index (χ3n) is 3.89. The second-order valence-corrected chi connectivity index (χ2v) is 5.11. The number of Topliss-reactive ketones (excluding diaryl/α,β-unsaturated/α-hetero) is 1. The molecule has 1 aliphatic heterocycles. The van der Waals surface area contributed by atoms with Crippen molar-refractivity contribution < 1.29 is 9.59 Å². The Hall–Kier alpha value is -2.88. The van der Waals surface area contributed by atoms with Crippen molar-refractivity contribution in [1.29, 1.82) is 0 Å². The molecule has 0 bridgehead atoms. The van der Waals surface area contributed by atoms with E-state index in [1.54, 1.807) is 6.07 Å². The molecule has 0 saturated heterocycles. The molecule has 0 aromatic heterocycles. The quantitative estimate of drug-likeness (QED) is 0.841. The highest BCUT2D eigenvalue weighted by atomic mass is 16.2. The smallest absolute Gasteiger partial charge is 0.320 e. The predicted molar refractivity (Wildman–Crippen MR) is 78.5 cm³/mol. The van der Waals surface area contributed by atoms with Crippen LogP contribution in [0.15, 0.2) is 60.2 Å². The van der Waals surface area contributed by atoms with Crippen LogP contribution in [-0.4, -0.2) is 11.8 Å². The number of ketones is 1. The molecule has 102 valence electrons. The SMILES string of the molecule is O=C1NC2=C(C(=O)c3ccccc32)[C@@H](c2ccccc2)N1. The first-order chi connectivity index (χ1) is 10.3. The molecule has 21 heavy (non-hydrogen) atoms. The van der Waals surface area contributed by atoms with Crippen molar-refractivity contribution in [1.82, 2.24) is 10.6 Å². The van der Waals surface area contributed by atoms with E-state index >= 15 is 0 Å². The molecule has 0 fully saturated rings. The fourth-order valence-electron chi connectivity index (χ4n) is 2.96. The molecule has 2 aromatic rings. The second kappa shape index (κ2) is 4.31. The topological polar surface area (TPSA) is 58.2 Å². The van der Waals surface area contributed by atoms with E-state index in [0.717, 1.165) is 11.1 Å². The summed E-state index contributed by atoms with van der Waals surface area (Å²) in [5, 5.41) is 5.61. The number of rotatable bonds is 1. The van der Waals surface area contributed by atoms with Crippen LogP contribution in [0.2, 0.25) is 0 Å². The zero-order valence-corrected chi connectivity index (χ0v) is 11.1. The number of fused-ring (bicyclic) bond motifs is 2. The molecule has 2 aromatic carbocycles. The fraction of sp³-hybridized carbons (Fsp3) is 0.0588. The average Bonchev–Trinajstić information content (AvgIpc) is 2.81. The van der Waals surface area contributed by atoms with Gasteiger partial charge in [0.15, 0.2) is 5.78 Å². The van der Waals surface area contributed by atoms with Crippen LogP contribution in [0.25, 0.3) is 5.70 Å². The Morgan fingerprint density at radius 1 is 0.810 bits per heavy atom. The lowest BCUT2D eigenvalue weighted by molar-refractivity contribution is 0.103. The standard InChI is InChI=1S/C17H12N2O2/c20-16-12-9-5-4-8-11(12)15-13(16)14(18-17(21)19-15)10-6-2-1-3-7-10/h1-9,14H,(H2,18,19,21)/t14-/m1/s1. The molecule has 1 atom stereocenters. The summed E-state index contributed by atoms with van der Waals surface area (Å²) >= 11 is 0. The summed E-state index contributed by atoms with van der Waals surface area (Å²) in [7, 11) is 0. The molecule has 2 aliphatic rings. The van der Waals surface area contributed by atoms with Gasteiger partial charge in [-0.25, -0.2) is 4.79 Å². The maximum atomic E-state index is 12.7. The van der Waals surface area contributed by atoms with Crippen LogP contribution in [0, 0.1) is 0 Å². The second-order valence-electron chi connectivity index (χ2n) is 5.11. The number of urea groups is 1. The predicted octanol–water partition coefficient (Wildman–Crippen LogP) is 2.65. The summed E-state index contributed by atoms with van der Waals surface area (Å²) in [6.07, 6.45) is 0. The zero-order valence-electron chi connectivity index (χ0n) is 11.1. The first kappa shape index (κ1) is 11.9. The van der Waals surface area contributed by atoms with Gasteiger partial charge in [0, 0.05) is 11.1 Å². The Morgan fingerprint density at radius 3 is 2.24 bits per heavy atom. The van der Waals surface area contributed by atoms with Gasteiger partial charge in [0.25, 0.3) is 0 Å². The molecule has 1 aliphatic carbocycles. The van der Waals surface area contributed by atoms with Gasteiger partial charge in [0.05, 0.1) is 17.3 Å². The molecular weight excluding hydrogens is 264 g/mol. The lowest BCUT2D eigenvalue weighted by atomic mass is 9.94. The zero-order chi connectivity index (χ0) is 14.4. The first-order valence-electron chi connectivity index (χ1n) is 6.76. The number of hydrogen-bond donors (Lipinski definition) is 2. The first-order valence-corrected chi connectivity index (χ1v) is 6.76. The molecule has 0 saturated carbocycles.